The molecule has 0 saturated heterocycles. The average Bonchev–Trinajstić information content (AvgIpc) is 3.14. The monoisotopic (exact) mass is 431 g/mol. The van der Waals surface area contributed by atoms with Gasteiger partial charge in [-0.3, -0.25) is 0 Å². The van der Waals surface area contributed by atoms with Crippen molar-refractivity contribution in [2.45, 2.75) is 37.8 Å². The Hall–Kier alpha value is -2.94. The van der Waals surface area contributed by atoms with Gasteiger partial charge in [0.1, 0.15) is 5.65 Å². The lowest BCUT2D eigenvalue weighted by atomic mass is 9.90. The molecule has 3 N–H and O–H groups in total. The number of rotatable bonds is 4. The van der Waals surface area contributed by atoms with E-state index in [0.717, 1.165) is 37.3 Å². The molecule has 3 aromatic rings. The number of aromatic amines is 1. The van der Waals surface area contributed by atoms with Gasteiger partial charge in [0, 0.05) is 43.5 Å². The van der Waals surface area contributed by atoms with Gasteiger partial charge in [-0.1, -0.05) is 24.4 Å². The van der Waals surface area contributed by atoms with Crippen molar-refractivity contribution in [1.29, 1.82) is 0 Å². The van der Waals surface area contributed by atoms with Crippen LogP contribution < -0.4 is 10.6 Å². The zero-order valence-electron chi connectivity index (χ0n) is 16.7. The van der Waals surface area contributed by atoms with Gasteiger partial charge in [0.05, 0.1) is 17.3 Å². The minimum atomic E-state index is -0.544. The molecule has 0 spiro atoms. The molecule has 2 amide bonds. The summed E-state index contributed by atoms with van der Waals surface area (Å²) in [5.41, 5.74) is 1.33. The Morgan fingerprint density at radius 3 is 2.77 bits per heavy atom. The number of carbonyl (C=O) groups excluding carboxylic acids is 1. The molecule has 8 nitrogen and oxygen atoms in total. The van der Waals surface area contributed by atoms with E-state index in [0.29, 0.717) is 22.1 Å². The number of anilines is 1. The maximum absolute atomic E-state index is 14.5. The van der Waals surface area contributed by atoms with E-state index in [2.05, 4.69) is 30.6 Å². The van der Waals surface area contributed by atoms with Crippen molar-refractivity contribution in [1.82, 2.24) is 30.2 Å². The minimum absolute atomic E-state index is 0.109. The van der Waals surface area contributed by atoms with Gasteiger partial charge in [-0.25, -0.2) is 24.1 Å². The van der Waals surface area contributed by atoms with Crippen LogP contribution in [-0.2, 0) is 0 Å². The summed E-state index contributed by atoms with van der Waals surface area (Å²) in [5.74, 6) is -0.0720. The first-order valence-corrected chi connectivity index (χ1v) is 10.2. The third-order valence-electron chi connectivity index (χ3n) is 5.29. The number of H-pyrrole nitrogens is 1. The van der Waals surface area contributed by atoms with Crippen LogP contribution in [0, 0.1) is 5.82 Å². The first-order valence-electron chi connectivity index (χ1n) is 9.82. The van der Waals surface area contributed by atoms with Gasteiger partial charge < -0.3 is 20.5 Å². The molecule has 0 aromatic carbocycles. The predicted molar refractivity (Wildman–Crippen MR) is 114 cm³/mol. The summed E-state index contributed by atoms with van der Waals surface area (Å²) in [6, 6.07) is 1.37. The highest BCUT2D eigenvalue weighted by atomic mass is 35.5. The van der Waals surface area contributed by atoms with Gasteiger partial charge in [0.15, 0.2) is 17.5 Å². The van der Waals surface area contributed by atoms with Crippen LogP contribution in [0.25, 0.3) is 22.4 Å². The van der Waals surface area contributed by atoms with Gasteiger partial charge in [0.25, 0.3) is 0 Å². The van der Waals surface area contributed by atoms with Crippen molar-refractivity contribution in [2.24, 2.45) is 0 Å². The molecule has 30 heavy (non-hydrogen) atoms. The molecule has 10 heteroatoms. The van der Waals surface area contributed by atoms with Crippen molar-refractivity contribution in [2.75, 3.05) is 19.4 Å². The van der Waals surface area contributed by atoms with Crippen molar-refractivity contribution in [3.63, 3.8) is 0 Å². The molecule has 0 bridgehead atoms. The first kappa shape index (κ1) is 20.3. The van der Waals surface area contributed by atoms with Crippen LogP contribution >= 0.6 is 11.6 Å². The Bertz CT molecular complexity index is 1070. The third kappa shape index (κ3) is 4.16. The molecular formula is C20H23ClFN7O. The van der Waals surface area contributed by atoms with Crippen molar-refractivity contribution < 1.29 is 9.18 Å². The number of hydrogen-bond acceptors (Lipinski definition) is 5. The van der Waals surface area contributed by atoms with Crippen LogP contribution in [-0.4, -0.2) is 57.0 Å². The molecule has 158 valence electrons. The molecule has 3 aromatic heterocycles. The van der Waals surface area contributed by atoms with Gasteiger partial charge in [-0.15, -0.1) is 0 Å². The number of urea groups is 1. The number of nitrogens with one attached hydrogen (secondary N) is 3. The Labute approximate surface area is 178 Å². The number of nitrogens with zero attached hydrogens (tertiary/aromatic N) is 4. The summed E-state index contributed by atoms with van der Waals surface area (Å²) in [5, 5.41) is 7.45. The number of fused-ring (bicyclic) bond motifs is 1. The van der Waals surface area contributed by atoms with Crippen LogP contribution in [0.2, 0.25) is 5.02 Å². The van der Waals surface area contributed by atoms with E-state index in [1.807, 2.05) is 0 Å². The Morgan fingerprint density at radius 1 is 1.23 bits per heavy atom. The van der Waals surface area contributed by atoms with Crippen LogP contribution in [0.3, 0.4) is 0 Å². The Balaban J connectivity index is 1.61. The topological polar surface area (TPSA) is 98.8 Å². The molecule has 2 atom stereocenters. The van der Waals surface area contributed by atoms with E-state index < -0.39 is 5.82 Å². The summed E-state index contributed by atoms with van der Waals surface area (Å²) in [4.78, 5) is 29.5. The SMILES string of the molecule is CN(C)C(=O)N[C@H]1CCCCC1Nc1nc(-c2c[nH]c3ncc(Cl)cc23)ncc1F. The molecule has 1 aliphatic carbocycles. The lowest BCUT2D eigenvalue weighted by Gasteiger charge is -2.33. The van der Waals surface area contributed by atoms with Gasteiger partial charge in [0.2, 0.25) is 0 Å². The molecule has 1 saturated carbocycles. The summed E-state index contributed by atoms with van der Waals surface area (Å²) < 4.78 is 14.5. The minimum Gasteiger partial charge on any atom is -0.363 e. The maximum Gasteiger partial charge on any atom is 0.317 e. The fourth-order valence-corrected chi connectivity index (χ4v) is 3.86. The predicted octanol–water partition coefficient (Wildman–Crippen LogP) is 3.81. The molecule has 1 fully saturated rings. The number of hydrogen-bond donors (Lipinski definition) is 3. The standard InChI is InChI=1S/C20H23ClFN7O/c1-29(2)20(30)27-16-6-4-3-5-15(16)26-19-14(22)10-25-18(28-19)13-9-24-17-12(13)7-11(21)8-23-17/h7-10,15-16H,3-6H2,1-2H3,(H,23,24)(H,27,30)(H,25,26,28)/t15?,16-/m0/s1. The van der Waals surface area contributed by atoms with Crippen LogP contribution in [0.4, 0.5) is 15.0 Å². The zero-order chi connectivity index (χ0) is 21.3. The van der Waals surface area contributed by atoms with E-state index in [9.17, 15) is 9.18 Å². The second-order valence-electron chi connectivity index (χ2n) is 7.63. The second kappa shape index (κ2) is 8.43. The molecule has 1 unspecified atom stereocenters. The Kier molecular flexibility index (Phi) is 5.72. The quantitative estimate of drug-likeness (QED) is 0.583. The van der Waals surface area contributed by atoms with Gasteiger partial charge in [-0.2, -0.15) is 0 Å². The molecule has 4 rings (SSSR count). The smallest absolute Gasteiger partial charge is 0.317 e. The normalized spacial score (nSPS) is 18.9. The Morgan fingerprint density at radius 2 is 2.00 bits per heavy atom. The lowest BCUT2D eigenvalue weighted by Crippen LogP contribution is -2.51. The summed E-state index contributed by atoms with van der Waals surface area (Å²) in [6.45, 7) is 0. The van der Waals surface area contributed by atoms with Crippen LogP contribution in [0.1, 0.15) is 25.7 Å². The number of pyridine rings is 1. The van der Waals surface area contributed by atoms with E-state index in [4.69, 9.17) is 11.6 Å². The lowest BCUT2D eigenvalue weighted by molar-refractivity contribution is 0.207. The summed E-state index contributed by atoms with van der Waals surface area (Å²) >= 11 is 6.07. The van der Waals surface area contributed by atoms with Crippen LogP contribution in [0.15, 0.2) is 24.7 Å². The van der Waals surface area contributed by atoms with E-state index in [-0.39, 0.29) is 23.9 Å². The molecule has 0 aliphatic heterocycles. The average molecular weight is 432 g/mol. The number of halogens is 2. The number of amides is 2. The van der Waals surface area contributed by atoms with E-state index in [1.165, 1.54) is 4.90 Å². The molecule has 1 aliphatic rings. The largest absolute Gasteiger partial charge is 0.363 e. The van der Waals surface area contributed by atoms with Crippen molar-refractivity contribution in [3.8, 4) is 11.4 Å². The molecular weight excluding hydrogens is 409 g/mol. The molecule has 0 radical (unpaired) electrons. The maximum atomic E-state index is 14.5. The summed E-state index contributed by atoms with van der Waals surface area (Å²) in [7, 11) is 3.39. The van der Waals surface area contributed by atoms with E-state index in [1.54, 1.807) is 32.6 Å². The number of aromatic nitrogens is 4. The first-order chi connectivity index (χ1) is 14.4. The van der Waals surface area contributed by atoms with Crippen molar-refractivity contribution >= 4 is 34.5 Å². The highest BCUT2D eigenvalue weighted by Gasteiger charge is 2.28. The summed E-state index contributed by atoms with van der Waals surface area (Å²) in [6.07, 6.45) is 8.07. The number of carbonyl (C=O) groups is 1. The third-order valence-corrected chi connectivity index (χ3v) is 5.49. The van der Waals surface area contributed by atoms with Crippen molar-refractivity contribution in [3.05, 3.63) is 35.5 Å². The zero-order valence-corrected chi connectivity index (χ0v) is 17.5. The van der Waals surface area contributed by atoms with Gasteiger partial charge in [-0.05, 0) is 18.9 Å². The van der Waals surface area contributed by atoms with E-state index >= 15 is 0 Å². The highest BCUT2D eigenvalue weighted by molar-refractivity contribution is 6.31. The fourth-order valence-electron chi connectivity index (χ4n) is 3.70. The highest BCUT2D eigenvalue weighted by Crippen LogP contribution is 2.29. The van der Waals surface area contributed by atoms with Crippen LogP contribution in [0.5, 0.6) is 0 Å². The fraction of sp³-hybridized carbons (Fsp3) is 0.400. The second-order valence-corrected chi connectivity index (χ2v) is 8.06. The van der Waals surface area contributed by atoms with Gasteiger partial charge >= 0.3 is 6.03 Å². The molecule has 3 heterocycles.